The van der Waals surface area contributed by atoms with E-state index in [0.29, 0.717) is 30.1 Å². The van der Waals surface area contributed by atoms with Gasteiger partial charge in [0.05, 0.1) is 18.7 Å². The molecule has 3 aliphatic rings. The SMILES string of the molecule is O=C(NCCN1CCOCC1)c1ccc2c(c1)nc(NC1CC1)c1nc(NC3CC3)ncc12. The molecule has 33 heavy (non-hydrogen) atoms. The molecule has 172 valence electrons. The van der Waals surface area contributed by atoms with E-state index < -0.39 is 0 Å². The van der Waals surface area contributed by atoms with Crippen molar-refractivity contribution < 1.29 is 9.53 Å². The van der Waals surface area contributed by atoms with E-state index in [1.54, 1.807) is 0 Å². The van der Waals surface area contributed by atoms with Crippen molar-refractivity contribution in [3.63, 3.8) is 0 Å². The number of nitrogens with zero attached hydrogens (tertiary/aromatic N) is 4. The fraction of sp³-hybridized carbons (Fsp3) is 0.500. The summed E-state index contributed by atoms with van der Waals surface area (Å²) in [6.07, 6.45) is 6.50. The minimum absolute atomic E-state index is 0.0796. The molecule has 0 bridgehead atoms. The number of hydrogen-bond donors (Lipinski definition) is 3. The lowest BCUT2D eigenvalue weighted by Gasteiger charge is -2.26. The van der Waals surface area contributed by atoms with Crippen LogP contribution in [0.2, 0.25) is 0 Å². The average molecular weight is 448 g/mol. The fourth-order valence-corrected chi connectivity index (χ4v) is 4.18. The van der Waals surface area contributed by atoms with Crippen LogP contribution in [0.3, 0.4) is 0 Å². The van der Waals surface area contributed by atoms with Crippen LogP contribution in [0.15, 0.2) is 24.4 Å². The lowest BCUT2D eigenvalue weighted by atomic mass is 10.1. The fourth-order valence-electron chi connectivity index (χ4n) is 4.18. The van der Waals surface area contributed by atoms with Crippen LogP contribution in [0.4, 0.5) is 11.8 Å². The molecule has 0 radical (unpaired) electrons. The van der Waals surface area contributed by atoms with Crippen LogP contribution in [0.1, 0.15) is 36.0 Å². The van der Waals surface area contributed by atoms with Gasteiger partial charge in [0, 0.05) is 60.8 Å². The largest absolute Gasteiger partial charge is 0.379 e. The van der Waals surface area contributed by atoms with Crippen molar-refractivity contribution in [1.82, 2.24) is 25.2 Å². The molecule has 1 saturated heterocycles. The highest BCUT2D eigenvalue weighted by atomic mass is 16.5. The summed E-state index contributed by atoms with van der Waals surface area (Å²) in [5.74, 6) is 1.34. The van der Waals surface area contributed by atoms with Gasteiger partial charge in [0.25, 0.3) is 5.91 Å². The van der Waals surface area contributed by atoms with Gasteiger partial charge in [-0.1, -0.05) is 6.07 Å². The molecular formula is C24H29N7O2. The monoisotopic (exact) mass is 447 g/mol. The molecule has 2 saturated carbocycles. The minimum Gasteiger partial charge on any atom is -0.379 e. The lowest BCUT2D eigenvalue weighted by molar-refractivity contribution is 0.0383. The molecule has 1 aliphatic heterocycles. The van der Waals surface area contributed by atoms with E-state index in [-0.39, 0.29) is 5.91 Å². The zero-order chi connectivity index (χ0) is 22.2. The maximum atomic E-state index is 12.8. The van der Waals surface area contributed by atoms with E-state index in [2.05, 4.69) is 25.8 Å². The van der Waals surface area contributed by atoms with Crippen molar-refractivity contribution in [2.24, 2.45) is 0 Å². The quantitative estimate of drug-likeness (QED) is 0.452. The number of nitrogens with one attached hydrogen (secondary N) is 3. The van der Waals surface area contributed by atoms with Gasteiger partial charge in [-0.3, -0.25) is 9.69 Å². The predicted molar refractivity (Wildman–Crippen MR) is 128 cm³/mol. The number of carbonyl (C=O) groups excluding carboxylic acids is 1. The molecule has 1 amide bonds. The van der Waals surface area contributed by atoms with Crippen LogP contribution in [0.5, 0.6) is 0 Å². The number of hydrogen-bond acceptors (Lipinski definition) is 8. The van der Waals surface area contributed by atoms with Crippen LogP contribution >= 0.6 is 0 Å². The zero-order valence-corrected chi connectivity index (χ0v) is 18.6. The molecule has 3 N–H and O–H groups in total. The van der Waals surface area contributed by atoms with Gasteiger partial charge in [-0.05, 0) is 37.8 Å². The number of amides is 1. The van der Waals surface area contributed by atoms with Gasteiger partial charge in [0.1, 0.15) is 5.52 Å². The Bertz CT molecular complexity index is 1190. The summed E-state index contributed by atoms with van der Waals surface area (Å²) < 4.78 is 5.38. The number of ether oxygens (including phenoxy) is 1. The Labute approximate surface area is 192 Å². The first-order chi connectivity index (χ1) is 16.2. The van der Waals surface area contributed by atoms with E-state index in [1.165, 1.54) is 12.8 Å². The first kappa shape index (κ1) is 20.6. The number of fused-ring (bicyclic) bond motifs is 3. The third-order valence-electron chi connectivity index (χ3n) is 6.44. The van der Waals surface area contributed by atoms with Crippen LogP contribution in [0.25, 0.3) is 21.8 Å². The molecule has 0 atom stereocenters. The van der Waals surface area contributed by atoms with Crippen LogP contribution in [0, 0.1) is 0 Å². The van der Waals surface area contributed by atoms with Crippen molar-refractivity contribution in [3.05, 3.63) is 30.0 Å². The highest BCUT2D eigenvalue weighted by Crippen LogP contribution is 2.33. The zero-order valence-electron chi connectivity index (χ0n) is 18.6. The Morgan fingerprint density at radius 2 is 1.82 bits per heavy atom. The summed E-state index contributed by atoms with van der Waals surface area (Å²) in [6.45, 7) is 4.80. The molecule has 3 heterocycles. The topological polar surface area (TPSA) is 104 Å². The molecule has 3 fully saturated rings. The number of anilines is 2. The van der Waals surface area contributed by atoms with Gasteiger partial charge in [-0.15, -0.1) is 0 Å². The van der Waals surface area contributed by atoms with Crippen LogP contribution in [-0.4, -0.2) is 77.2 Å². The second-order valence-electron chi connectivity index (χ2n) is 9.20. The van der Waals surface area contributed by atoms with E-state index >= 15 is 0 Å². The molecule has 6 rings (SSSR count). The molecule has 3 aromatic rings. The summed E-state index contributed by atoms with van der Waals surface area (Å²) >= 11 is 0. The first-order valence-electron chi connectivity index (χ1n) is 11.9. The summed E-state index contributed by atoms with van der Waals surface area (Å²) in [5.41, 5.74) is 2.22. The van der Waals surface area contributed by atoms with Crippen molar-refractivity contribution in [2.45, 2.75) is 37.8 Å². The van der Waals surface area contributed by atoms with Crippen LogP contribution in [-0.2, 0) is 4.74 Å². The van der Waals surface area contributed by atoms with E-state index in [1.807, 2.05) is 24.4 Å². The summed E-state index contributed by atoms with van der Waals surface area (Å²) in [5, 5.41) is 11.8. The van der Waals surface area contributed by atoms with E-state index in [0.717, 1.165) is 73.3 Å². The molecule has 9 nitrogen and oxygen atoms in total. The summed E-state index contributed by atoms with van der Waals surface area (Å²) in [6, 6.07) is 6.62. The maximum Gasteiger partial charge on any atom is 0.251 e. The van der Waals surface area contributed by atoms with Gasteiger partial charge in [0.15, 0.2) is 5.82 Å². The molecule has 0 spiro atoms. The summed E-state index contributed by atoms with van der Waals surface area (Å²) in [7, 11) is 0. The molecule has 9 heteroatoms. The second-order valence-corrected chi connectivity index (χ2v) is 9.20. The molecular weight excluding hydrogens is 418 g/mol. The number of aromatic nitrogens is 3. The van der Waals surface area contributed by atoms with Crippen molar-refractivity contribution in [3.8, 4) is 0 Å². The highest BCUT2D eigenvalue weighted by Gasteiger charge is 2.25. The predicted octanol–water partition coefficient (Wildman–Crippen LogP) is 2.39. The Hall–Kier alpha value is -3.04. The van der Waals surface area contributed by atoms with Crippen molar-refractivity contribution >= 4 is 39.5 Å². The van der Waals surface area contributed by atoms with Crippen molar-refractivity contribution in [1.29, 1.82) is 0 Å². The van der Waals surface area contributed by atoms with Gasteiger partial charge in [-0.2, -0.15) is 0 Å². The van der Waals surface area contributed by atoms with Crippen molar-refractivity contribution in [2.75, 3.05) is 50.0 Å². The smallest absolute Gasteiger partial charge is 0.251 e. The van der Waals surface area contributed by atoms with Gasteiger partial charge < -0.3 is 20.7 Å². The summed E-state index contributed by atoms with van der Waals surface area (Å²) in [4.78, 5) is 29.3. The third kappa shape index (κ3) is 4.69. The molecule has 2 aromatic heterocycles. The van der Waals surface area contributed by atoms with Crippen LogP contribution < -0.4 is 16.0 Å². The Kier molecular flexibility index (Phi) is 5.43. The molecule has 0 unspecified atom stereocenters. The molecule has 1 aromatic carbocycles. The number of rotatable bonds is 8. The number of pyridine rings is 1. The average Bonchev–Trinajstić information content (AvgIpc) is 3.77. The van der Waals surface area contributed by atoms with Gasteiger partial charge in [0.2, 0.25) is 5.95 Å². The van der Waals surface area contributed by atoms with Gasteiger partial charge in [-0.25, -0.2) is 15.0 Å². The number of morpholine rings is 1. The molecule has 2 aliphatic carbocycles. The Morgan fingerprint density at radius 1 is 1.03 bits per heavy atom. The standard InChI is InChI=1S/C24H29N7O2/c32-23(25-7-8-31-9-11-33-12-10-31)15-1-6-18-19-14-26-24(28-17-4-5-17)30-21(19)22(27-16-2-3-16)29-20(18)13-15/h1,6,13-14,16-17H,2-5,7-12H2,(H,25,32)(H,27,29)(H,26,28,30). The van der Waals surface area contributed by atoms with E-state index in [4.69, 9.17) is 14.7 Å². The number of benzene rings is 1. The Morgan fingerprint density at radius 3 is 2.61 bits per heavy atom. The third-order valence-corrected chi connectivity index (χ3v) is 6.44. The maximum absolute atomic E-state index is 12.8. The lowest BCUT2D eigenvalue weighted by Crippen LogP contribution is -2.41. The number of carbonyl (C=O) groups is 1. The normalized spacial score (nSPS) is 19.0. The highest BCUT2D eigenvalue weighted by molar-refractivity contribution is 6.10. The van der Waals surface area contributed by atoms with E-state index in [9.17, 15) is 4.79 Å². The second kappa shape index (κ2) is 8.72. The Balaban J connectivity index is 1.26. The minimum atomic E-state index is -0.0796. The first-order valence-corrected chi connectivity index (χ1v) is 11.9. The van der Waals surface area contributed by atoms with Gasteiger partial charge >= 0.3 is 0 Å².